The van der Waals surface area contributed by atoms with Crippen LogP contribution in [-0.2, 0) is 0 Å². The Balaban J connectivity index is 2.19. The molecule has 0 fully saturated rings. The van der Waals surface area contributed by atoms with E-state index < -0.39 is 0 Å². The van der Waals surface area contributed by atoms with Crippen LogP contribution in [0, 0.1) is 6.92 Å². The first-order valence-electron chi connectivity index (χ1n) is 6.96. The molecule has 3 aromatic rings. The molecule has 0 aliphatic carbocycles. The summed E-state index contributed by atoms with van der Waals surface area (Å²) in [6.45, 7) is 5.12. The molecule has 21 heavy (non-hydrogen) atoms. The maximum absolute atomic E-state index is 6.02. The summed E-state index contributed by atoms with van der Waals surface area (Å²) >= 11 is 7.52. The third kappa shape index (κ3) is 2.87. The van der Waals surface area contributed by atoms with Crippen LogP contribution in [0.15, 0.2) is 30.3 Å². The second-order valence-corrected chi connectivity index (χ2v) is 6.61. The van der Waals surface area contributed by atoms with E-state index in [1.807, 2.05) is 24.3 Å². The highest BCUT2D eigenvalue weighted by atomic mass is 35.5. The van der Waals surface area contributed by atoms with Crippen LogP contribution >= 0.6 is 22.9 Å². The van der Waals surface area contributed by atoms with Gasteiger partial charge in [0.05, 0.1) is 14.7 Å². The van der Waals surface area contributed by atoms with Crippen LogP contribution in [0.25, 0.3) is 21.6 Å². The second kappa shape index (κ2) is 6.00. The van der Waals surface area contributed by atoms with Crippen molar-refractivity contribution in [1.82, 2.24) is 9.97 Å². The molecule has 0 aliphatic heterocycles. The number of rotatable bonds is 4. The van der Waals surface area contributed by atoms with E-state index in [4.69, 9.17) is 16.6 Å². The topological polar surface area (TPSA) is 37.8 Å². The number of hydrogen-bond donors (Lipinski definition) is 1. The van der Waals surface area contributed by atoms with Gasteiger partial charge in [-0.3, -0.25) is 0 Å². The number of nitrogens with zero attached hydrogens (tertiary/aromatic N) is 2. The van der Waals surface area contributed by atoms with Crippen molar-refractivity contribution in [2.45, 2.75) is 20.3 Å². The van der Waals surface area contributed by atoms with Gasteiger partial charge >= 0.3 is 0 Å². The summed E-state index contributed by atoms with van der Waals surface area (Å²) < 4.78 is 0.751. The van der Waals surface area contributed by atoms with Gasteiger partial charge in [-0.25, -0.2) is 9.97 Å². The number of nitrogens with one attached hydrogen (secondary N) is 1. The molecule has 1 aromatic carbocycles. The number of benzene rings is 1. The summed E-state index contributed by atoms with van der Waals surface area (Å²) in [5.74, 6) is 1.63. The molecule has 0 spiro atoms. The lowest BCUT2D eigenvalue weighted by Gasteiger charge is -2.11. The first-order chi connectivity index (χ1) is 10.2. The Bertz CT molecular complexity index is 782. The predicted octanol–water partition coefficient (Wildman–Crippen LogP) is 5.14. The minimum absolute atomic E-state index is 0.726. The molecule has 3 nitrogen and oxygen atoms in total. The summed E-state index contributed by atoms with van der Waals surface area (Å²) in [6, 6.07) is 9.99. The number of halogens is 1. The van der Waals surface area contributed by atoms with Crippen LogP contribution in [-0.4, -0.2) is 16.5 Å². The molecule has 0 radical (unpaired) electrons. The lowest BCUT2D eigenvalue weighted by atomic mass is 10.1. The van der Waals surface area contributed by atoms with E-state index in [1.54, 1.807) is 0 Å². The van der Waals surface area contributed by atoms with Crippen LogP contribution in [0.3, 0.4) is 0 Å². The van der Waals surface area contributed by atoms with Crippen LogP contribution in [0.5, 0.6) is 0 Å². The van der Waals surface area contributed by atoms with Gasteiger partial charge in [-0.05, 0) is 37.1 Å². The van der Waals surface area contributed by atoms with E-state index in [2.05, 4.69) is 30.2 Å². The molecule has 0 unspecified atom stereocenters. The van der Waals surface area contributed by atoms with Gasteiger partial charge in [-0.1, -0.05) is 30.7 Å². The standard InChI is InChI=1S/C16H16ClN3S/c1-3-9-18-16-14-10(2)5-4-6-11(14)19-15(20-16)12-7-8-13(17)21-12/h4-8H,3,9H2,1-2H3,(H,18,19,20). The number of aryl methyl sites for hydroxylation is 1. The Morgan fingerprint density at radius 3 is 2.76 bits per heavy atom. The predicted molar refractivity (Wildman–Crippen MR) is 91.4 cm³/mol. The number of hydrogen-bond acceptors (Lipinski definition) is 4. The molecule has 5 heteroatoms. The average Bonchev–Trinajstić information content (AvgIpc) is 2.91. The molecule has 0 aliphatic rings. The van der Waals surface area contributed by atoms with Crippen molar-refractivity contribution in [2.75, 3.05) is 11.9 Å². The van der Waals surface area contributed by atoms with E-state index in [-0.39, 0.29) is 0 Å². The molecule has 0 amide bonds. The number of fused-ring (bicyclic) bond motifs is 1. The van der Waals surface area contributed by atoms with E-state index in [0.29, 0.717) is 0 Å². The third-order valence-electron chi connectivity index (χ3n) is 3.27. The average molecular weight is 318 g/mol. The summed E-state index contributed by atoms with van der Waals surface area (Å²) in [6.07, 6.45) is 1.05. The monoisotopic (exact) mass is 317 g/mol. The Kier molecular flexibility index (Phi) is 4.08. The fourth-order valence-electron chi connectivity index (χ4n) is 2.27. The zero-order chi connectivity index (χ0) is 14.8. The number of aromatic nitrogens is 2. The lowest BCUT2D eigenvalue weighted by Crippen LogP contribution is -2.05. The summed E-state index contributed by atoms with van der Waals surface area (Å²) in [5.41, 5.74) is 2.14. The molecule has 0 saturated carbocycles. The molecular weight excluding hydrogens is 302 g/mol. The summed E-state index contributed by atoms with van der Waals surface area (Å²) in [5, 5.41) is 4.51. The maximum atomic E-state index is 6.02. The van der Waals surface area contributed by atoms with Crippen molar-refractivity contribution >= 4 is 39.7 Å². The SMILES string of the molecule is CCCNc1nc(-c2ccc(Cl)s2)nc2cccc(C)c12. The third-order valence-corrected chi connectivity index (χ3v) is 4.49. The molecule has 0 atom stereocenters. The van der Waals surface area contributed by atoms with E-state index in [9.17, 15) is 0 Å². The molecule has 1 N–H and O–H groups in total. The molecule has 3 rings (SSSR count). The lowest BCUT2D eigenvalue weighted by molar-refractivity contribution is 0.970. The molecule has 2 heterocycles. The van der Waals surface area contributed by atoms with Gasteiger partial charge in [0, 0.05) is 11.9 Å². The first-order valence-corrected chi connectivity index (χ1v) is 8.15. The van der Waals surface area contributed by atoms with Gasteiger partial charge in [0.15, 0.2) is 5.82 Å². The zero-order valence-corrected chi connectivity index (χ0v) is 13.6. The van der Waals surface area contributed by atoms with Crippen molar-refractivity contribution in [3.63, 3.8) is 0 Å². The Morgan fingerprint density at radius 2 is 2.05 bits per heavy atom. The van der Waals surface area contributed by atoms with E-state index in [0.717, 1.165) is 44.7 Å². The Hall–Kier alpha value is -1.65. The normalized spacial score (nSPS) is 11.0. The van der Waals surface area contributed by atoms with Crippen molar-refractivity contribution in [1.29, 1.82) is 0 Å². The number of anilines is 1. The van der Waals surface area contributed by atoms with Gasteiger partial charge in [0.1, 0.15) is 5.82 Å². The van der Waals surface area contributed by atoms with Crippen molar-refractivity contribution in [2.24, 2.45) is 0 Å². The van der Waals surface area contributed by atoms with Gasteiger partial charge < -0.3 is 5.32 Å². The number of thiophene rings is 1. The molecule has 108 valence electrons. The summed E-state index contributed by atoms with van der Waals surface area (Å²) in [7, 11) is 0. The van der Waals surface area contributed by atoms with Crippen LogP contribution < -0.4 is 5.32 Å². The zero-order valence-electron chi connectivity index (χ0n) is 12.0. The molecule has 2 aromatic heterocycles. The fourth-order valence-corrected chi connectivity index (χ4v) is 3.25. The highest BCUT2D eigenvalue weighted by molar-refractivity contribution is 7.19. The largest absolute Gasteiger partial charge is 0.369 e. The highest BCUT2D eigenvalue weighted by Gasteiger charge is 2.12. The van der Waals surface area contributed by atoms with Crippen LogP contribution in [0.4, 0.5) is 5.82 Å². The minimum Gasteiger partial charge on any atom is -0.369 e. The van der Waals surface area contributed by atoms with E-state index in [1.165, 1.54) is 16.9 Å². The van der Waals surface area contributed by atoms with Gasteiger partial charge in [-0.2, -0.15) is 0 Å². The van der Waals surface area contributed by atoms with Gasteiger partial charge in [0.25, 0.3) is 0 Å². The van der Waals surface area contributed by atoms with Crippen molar-refractivity contribution < 1.29 is 0 Å². The Morgan fingerprint density at radius 1 is 1.19 bits per heavy atom. The Labute approximate surface area is 133 Å². The maximum Gasteiger partial charge on any atom is 0.172 e. The first kappa shape index (κ1) is 14.3. The quantitative estimate of drug-likeness (QED) is 0.723. The fraction of sp³-hybridized carbons (Fsp3) is 0.250. The van der Waals surface area contributed by atoms with Crippen LogP contribution in [0.2, 0.25) is 4.34 Å². The molecule has 0 bridgehead atoms. The smallest absolute Gasteiger partial charge is 0.172 e. The molecular formula is C16H16ClN3S. The summed E-state index contributed by atoms with van der Waals surface area (Å²) in [4.78, 5) is 10.4. The van der Waals surface area contributed by atoms with Crippen molar-refractivity contribution in [3.05, 3.63) is 40.2 Å². The molecule has 0 saturated heterocycles. The second-order valence-electron chi connectivity index (χ2n) is 4.90. The van der Waals surface area contributed by atoms with E-state index >= 15 is 0 Å². The minimum atomic E-state index is 0.726. The van der Waals surface area contributed by atoms with Gasteiger partial charge in [-0.15, -0.1) is 11.3 Å². The van der Waals surface area contributed by atoms with Crippen molar-refractivity contribution in [3.8, 4) is 10.7 Å². The highest BCUT2D eigenvalue weighted by Crippen LogP contribution is 2.32. The van der Waals surface area contributed by atoms with Crippen LogP contribution in [0.1, 0.15) is 18.9 Å². The van der Waals surface area contributed by atoms with Gasteiger partial charge in [0.2, 0.25) is 0 Å².